The molecule has 1 aromatic heterocycles. The molecule has 5 nitrogen and oxygen atoms in total. The zero-order valence-corrected chi connectivity index (χ0v) is 14.7. The maximum absolute atomic E-state index is 12.3. The van der Waals surface area contributed by atoms with Crippen LogP contribution in [-0.4, -0.2) is 23.0 Å². The minimum atomic E-state index is -0.995. The Kier molecular flexibility index (Phi) is 4.97. The SMILES string of the molecule is CC(OC(=O)c1[nH]c2ccccc2c1Cl)C(=O)Nc1ccc(Cl)cc1. The van der Waals surface area contributed by atoms with Crippen molar-refractivity contribution in [1.29, 1.82) is 0 Å². The van der Waals surface area contributed by atoms with Crippen LogP contribution in [0.2, 0.25) is 10.0 Å². The minimum Gasteiger partial charge on any atom is -0.448 e. The molecule has 1 unspecified atom stereocenters. The monoisotopic (exact) mass is 376 g/mol. The Hall–Kier alpha value is -2.50. The van der Waals surface area contributed by atoms with E-state index in [1.807, 2.05) is 12.1 Å². The van der Waals surface area contributed by atoms with Crippen LogP contribution in [0.1, 0.15) is 17.4 Å². The van der Waals surface area contributed by atoms with E-state index < -0.39 is 18.0 Å². The lowest BCUT2D eigenvalue weighted by molar-refractivity contribution is -0.123. The van der Waals surface area contributed by atoms with Gasteiger partial charge in [0, 0.05) is 21.6 Å². The van der Waals surface area contributed by atoms with Crippen LogP contribution in [0.5, 0.6) is 0 Å². The highest BCUT2D eigenvalue weighted by molar-refractivity contribution is 6.38. The average molecular weight is 377 g/mol. The molecule has 0 fully saturated rings. The molecule has 0 saturated carbocycles. The van der Waals surface area contributed by atoms with E-state index >= 15 is 0 Å². The summed E-state index contributed by atoms with van der Waals surface area (Å²) in [4.78, 5) is 27.4. The summed E-state index contributed by atoms with van der Waals surface area (Å²) in [5.41, 5.74) is 1.40. The first-order valence-electron chi connectivity index (χ1n) is 7.49. The van der Waals surface area contributed by atoms with Crippen molar-refractivity contribution in [1.82, 2.24) is 4.98 Å². The van der Waals surface area contributed by atoms with Crippen molar-refractivity contribution < 1.29 is 14.3 Å². The van der Waals surface area contributed by atoms with Gasteiger partial charge in [0.25, 0.3) is 5.91 Å². The molecule has 0 saturated heterocycles. The molecular formula is C18H14Cl2N2O3. The number of aromatic amines is 1. The Morgan fingerprint density at radius 3 is 2.44 bits per heavy atom. The molecule has 0 aliphatic rings. The largest absolute Gasteiger partial charge is 0.448 e. The summed E-state index contributed by atoms with van der Waals surface area (Å²) in [6.45, 7) is 1.49. The standard InChI is InChI=1S/C18H14Cl2N2O3/c1-10(17(23)21-12-8-6-11(19)7-9-12)25-18(24)16-15(20)13-4-2-3-5-14(13)22-16/h2-10,22H,1H3,(H,21,23). The maximum atomic E-state index is 12.3. The molecule has 1 heterocycles. The van der Waals surface area contributed by atoms with Crippen molar-refractivity contribution in [3.05, 3.63) is 64.3 Å². The summed E-state index contributed by atoms with van der Waals surface area (Å²) < 4.78 is 5.21. The fourth-order valence-electron chi connectivity index (χ4n) is 2.30. The predicted octanol–water partition coefficient (Wildman–Crippen LogP) is 4.66. The van der Waals surface area contributed by atoms with Crippen molar-refractivity contribution in [2.24, 2.45) is 0 Å². The van der Waals surface area contributed by atoms with Gasteiger partial charge in [0.1, 0.15) is 5.69 Å². The second kappa shape index (κ2) is 7.17. The number of hydrogen-bond donors (Lipinski definition) is 2. The first-order chi connectivity index (χ1) is 12.0. The van der Waals surface area contributed by atoms with Gasteiger partial charge in [-0.2, -0.15) is 0 Å². The van der Waals surface area contributed by atoms with Gasteiger partial charge in [0.15, 0.2) is 6.10 Å². The summed E-state index contributed by atoms with van der Waals surface area (Å²) in [6, 6.07) is 13.9. The van der Waals surface area contributed by atoms with Gasteiger partial charge in [0.2, 0.25) is 0 Å². The van der Waals surface area contributed by atoms with Crippen molar-refractivity contribution in [2.45, 2.75) is 13.0 Å². The van der Waals surface area contributed by atoms with Gasteiger partial charge in [-0.15, -0.1) is 0 Å². The number of anilines is 1. The number of aromatic nitrogens is 1. The first-order valence-corrected chi connectivity index (χ1v) is 8.25. The Balaban J connectivity index is 1.69. The lowest BCUT2D eigenvalue weighted by Gasteiger charge is -2.13. The molecule has 128 valence electrons. The highest BCUT2D eigenvalue weighted by atomic mass is 35.5. The van der Waals surface area contributed by atoms with Crippen molar-refractivity contribution in [3.8, 4) is 0 Å². The topological polar surface area (TPSA) is 71.2 Å². The lowest BCUT2D eigenvalue weighted by Crippen LogP contribution is -2.30. The van der Waals surface area contributed by atoms with Crippen LogP contribution in [-0.2, 0) is 9.53 Å². The third kappa shape index (κ3) is 3.78. The number of carbonyl (C=O) groups excluding carboxylic acids is 2. The minimum absolute atomic E-state index is 0.119. The van der Waals surface area contributed by atoms with Gasteiger partial charge < -0.3 is 15.0 Å². The highest BCUT2D eigenvalue weighted by Crippen LogP contribution is 2.27. The highest BCUT2D eigenvalue weighted by Gasteiger charge is 2.23. The molecule has 2 N–H and O–H groups in total. The molecule has 2 aromatic carbocycles. The van der Waals surface area contributed by atoms with Crippen molar-refractivity contribution in [3.63, 3.8) is 0 Å². The molecule has 1 atom stereocenters. The molecule has 0 radical (unpaired) electrons. The average Bonchev–Trinajstić information content (AvgIpc) is 2.94. The molecule has 3 aromatic rings. The summed E-state index contributed by atoms with van der Waals surface area (Å²) in [5.74, 6) is -1.15. The van der Waals surface area contributed by atoms with Crippen molar-refractivity contribution in [2.75, 3.05) is 5.32 Å². The number of benzene rings is 2. The maximum Gasteiger partial charge on any atom is 0.357 e. The number of nitrogens with one attached hydrogen (secondary N) is 2. The van der Waals surface area contributed by atoms with E-state index in [1.165, 1.54) is 6.92 Å². The molecule has 3 rings (SSSR count). The number of esters is 1. The smallest absolute Gasteiger partial charge is 0.357 e. The number of H-pyrrole nitrogens is 1. The molecule has 7 heteroatoms. The van der Waals surface area contributed by atoms with Crippen LogP contribution in [0.4, 0.5) is 5.69 Å². The van der Waals surface area contributed by atoms with E-state index in [0.29, 0.717) is 10.7 Å². The molecule has 0 aliphatic heterocycles. The number of ether oxygens (including phenoxy) is 1. The Morgan fingerprint density at radius 2 is 1.76 bits per heavy atom. The quantitative estimate of drug-likeness (QED) is 0.650. The number of para-hydroxylation sites is 1. The van der Waals surface area contributed by atoms with E-state index in [4.69, 9.17) is 27.9 Å². The second-order valence-electron chi connectivity index (χ2n) is 5.40. The zero-order valence-electron chi connectivity index (χ0n) is 13.2. The summed E-state index contributed by atoms with van der Waals surface area (Å²) in [6.07, 6.45) is -0.995. The van der Waals surface area contributed by atoms with Crippen LogP contribution in [0.3, 0.4) is 0 Å². The van der Waals surface area contributed by atoms with Crippen LogP contribution < -0.4 is 5.32 Å². The van der Waals surface area contributed by atoms with Crippen LogP contribution in [0.15, 0.2) is 48.5 Å². The molecule has 0 aliphatic carbocycles. The van der Waals surface area contributed by atoms with Crippen LogP contribution in [0.25, 0.3) is 10.9 Å². The number of rotatable bonds is 4. The van der Waals surface area contributed by atoms with E-state index in [9.17, 15) is 9.59 Å². The summed E-state index contributed by atoms with van der Waals surface area (Å²) in [7, 11) is 0. The van der Waals surface area contributed by atoms with Crippen LogP contribution in [0, 0.1) is 0 Å². The molecule has 25 heavy (non-hydrogen) atoms. The van der Waals surface area contributed by atoms with Gasteiger partial charge in [-0.1, -0.05) is 41.4 Å². The van der Waals surface area contributed by atoms with E-state index in [1.54, 1.807) is 36.4 Å². The number of carbonyl (C=O) groups is 2. The Bertz CT molecular complexity index is 935. The first kappa shape index (κ1) is 17.3. The van der Waals surface area contributed by atoms with Crippen molar-refractivity contribution >= 4 is 51.7 Å². The molecule has 1 amide bonds. The molecule has 0 bridgehead atoms. The zero-order chi connectivity index (χ0) is 18.0. The van der Waals surface area contributed by atoms with E-state index in [0.717, 1.165) is 10.9 Å². The second-order valence-corrected chi connectivity index (χ2v) is 6.22. The number of hydrogen-bond acceptors (Lipinski definition) is 3. The molecular weight excluding hydrogens is 363 g/mol. The third-order valence-corrected chi connectivity index (χ3v) is 4.26. The van der Waals surface area contributed by atoms with Gasteiger partial charge in [-0.05, 0) is 37.3 Å². The van der Waals surface area contributed by atoms with E-state index in [-0.39, 0.29) is 10.7 Å². The summed E-state index contributed by atoms with van der Waals surface area (Å²) in [5, 5.41) is 4.20. The Labute approximate surface area is 153 Å². The lowest BCUT2D eigenvalue weighted by atomic mass is 10.2. The van der Waals surface area contributed by atoms with Crippen LogP contribution >= 0.6 is 23.2 Å². The fourth-order valence-corrected chi connectivity index (χ4v) is 2.71. The van der Waals surface area contributed by atoms with Gasteiger partial charge >= 0.3 is 5.97 Å². The van der Waals surface area contributed by atoms with Gasteiger partial charge in [0.05, 0.1) is 5.02 Å². The molecule has 0 spiro atoms. The number of fused-ring (bicyclic) bond motifs is 1. The third-order valence-electron chi connectivity index (χ3n) is 3.61. The van der Waals surface area contributed by atoms with Gasteiger partial charge in [-0.25, -0.2) is 4.79 Å². The number of halogens is 2. The fraction of sp³-hybridized carbons (Fsp3) is 0.111. The van der Waals surface area contributed by atoms with E-state index in [2.05, 4.69) is 10.3 Å². The predicted molar refractivity (Wildman–Crippen MR) is 98.3 cm³/mol. The summed E-state index contributed by atoms with van der Waals surface area (Å²) >= 11 is 12.0. The normalized spacial score (nSPS) is 12.0. The Morgan fingerprint density at radius 1 is 1.08 bits per heavy atom. The number of amides is 1. The van der Waals surface area contributed by atoms with Gasteiger partial charge in [-0.3, -0.25) is 4.79 Å².